The highest BCUT2D eigenvalue weighted by molar-refractivity contribution is 7.89. The molecule has 7 heteroatoms. The van der Waals surface area contributed by atoms with E-state index in [1.807, 2.05) is 31.2 Å². The lowest BCUT2D eigenvalue weighted by molar-refractivity contribution is 0.0783. The molecule has 1 amide bonds. The molecule has 29 heavy (non-hydrogen) atoms. The van der Waals surface area contributed by atoms with Crippen LogP contribution in [0.1, 0.15) is 42.3 Å². The third-order valence-corrected chi connectivity index (χ3v) is 6.98. The Bertz CT molecular complexity index is 953. The quantitative estimate of drug-likeness (QED) is 0.623. The number of amides is 1. The number of aryl methyl sites for hydroxylation is 1. The number of hydrogen-bond acceptors (Lipinski definition) is 4. The number of ether oxygens (including phenoxy) is 1. The Hall–Kier alpha value is -2.38. The van der Waals surface area contributed by atoms with Crippen molar-refractivity contribution in [2.45, 2.75) is 39.1 Å². The van der Waals surface area contributed by atoms with Crippen molar-refractivity contribution in [3.63, 3.8) is 0 Å². The number of nitrogens with zero attached hydrogens (tertiary/aromatic N) is 2. The van der Waals surface area contributed by atoms with Crippen molar-refractivity contribution in [2.75, 3.05) is 26.7 Å². The molecule has 0 unspecified atom stereocenters. The van der Waals surface area contributed by atoms with Gasteiger partial charge in [0.25, 0.3) is 5.91 Å². The average molecular weight is 419 g/mol. The number of carbonyl (C=O) groups is 1. The molecule has 0 saturated heterocycles. The van der Waals surface area contributed by atoms with E-state index in [4.69, 9.17) is 4.74 Å². The van der Waals surface area contributed by atoms with Gasteiger partial charge >= 0.3 is 0 Å². The molecule has 0 N–H and O–H groups in total. The highest BCUT2D eigenvalue weighted by Gasteiger charge is 2.25. The minimum atomic E-state index is -3.64. The molecule has 158 valence electrons. The Balaban J connectivity index is 2.32. The van der Waals surface area contributed by atoms with Gasteiger partial charge in [-0.3, -0.25) is 4.79 Å². The monoisotopic (exact) mass is 418 g/mol. The summed E-state index contributed by atoms with van der Waals surface area (Å²) in [7, 11) is -1.95. The van der Waals surface area contributed by atoms with Crippen molar-refractivity contribution < 1.29 is 17.9 Å². The van der Waals surface area contributed by atoms with Crippen molar-refractivity contribution in [2.24, 2.45) is 0 Å². The van der Waals surface area contributed by atoms with Gasteiger partial charge in [0.05, 0.1) is 11.5 Å². The zero-order chi connectivity index (χ0) is 21.6. The van der Waals surface area contributed by atoms with E-state index < -0.39 is 10.0 Å². The van der Waals surface area contributed by atoms with E-state index in [1.165, 1.54) is 10.4 Å². The highest BCUT2D eigenvalue weighted by Crippen LogP contribution is 2.24. The molecule has 0 radical (unpaired) electrons. The van der Waals surface area contributed by atoms with Gasteiger partial charge in [-0.2, -0.15) is 4.31 Å². The lowest BCUT2D eigenvalue weighted by Crippen LogP contribution is -2.31. The Morgan fingerprint density at radius 3 is 2.31 bits per heavy atom. The van der Waals surface area contributed by atoms with E-state index in [2.05, 4.69) is 0 Å². The van der Waals surface area contributed by atoms with E-state index in [9.17, 15) is 13.2 Å². The van der Waals surface area contributed by atoms with Crippen LogP contribution < -0.4 is 4.74 Å². The fraction of sp³-hybridized carbons (Fsp3) is 0.409. The summed E-state index contributed by atoms with van der Waals surface area (Å²) in [5.74, 6) is 0.496. The number of benzene rings is 2. The average Bonchev–Trinajstić information content (AvgIpc) is 2.70. The maximum atomic E-state index is 13.0. The van der Waals surface area contributed by atoms with Crippen molar-refractivity contribution in [1.29, 1.82) is 0 Å². The van der Waals surface area contributed by atoms with E-state index in [1.54, 1.807) is 44.9 Å². The van der Waals surface area contributed by atoms with Gasteiger partial charge in [0.2, 0.25) is 10.0 Å². The molecule has 0 bridgehead atoms. The summed E-state index contributed by atoms with van der Waals surface area (Å²) in [6.45, 7) is 8.92. The minimum Gasteiger partial charge on any atom is -0.494 e. The smallest absolute Gasteiger partial charge is 0.253 e. The molecule has 2 aromatic carbocycles. The topological polar surface area (TPSA) is 66.9 Å². The molecular weight excluding hydrogens is 388 g/mol. The second-order valence-electron chi connectivity index (χ2n) is 6.77. The molecule has 2 rings (SSSR count). The van der Waals surface area contributed by atoms with Crippen LogP contribution in [0.25, 0.3) is 0 Å². The lowest BCUT2D eigenvalue weighted by atomic mass is 10.1. The predicted octanol–water partition coefficient (Wildman–Crippen LogP) is 3.70. The first-order valence-electron chi connectivity index (χ1n) is 9.83. The van der Waals surface area contributed by atoms with E-state index >= 15 is 0 Å². The molecule has 2 aromatic rings. The van der Waals surface area contributed by atoms with Gasteiger partial charge in [0.15, 0.2) is 0 Å². The predicted molar refractivity (Wildman–Crippen MR) is 115 cm³/mol. The fourth-order valence-corrected chi connectivity index (χ4v) is 4.90. The van der Waals surface area contributed by atoms with Gasteiger partial charge in [-0.05, 0) is 37.6 Å². The molecule has 0 spiro atoms. The van der Waals surface area contributed by atoms with E-state index in [-0.39, 0.29) is 10.8 Å². The number of sulfonamides is 1. The molecule has 0 heterocycles. The molecule has 0 atom stereocenters. The first-order chi connectivity index (χ1) is 13.8. The van der Waals surface area contributed by atoms with Crippen LogP contribution >= 0.6 is 0 Å². The van der Waals surface area contributed by atoms with Crippen LogP contribution in [-0.4, -0.2) is 50.3 Å². The number of rotatable bonds is 9. The first kappa shape index (κ1) is 22.9. The van der Waals surface area contributed by atoms with Crippen LogP contribution in [0.4, 0.5) is 0 Å². The molecule has 0 fully saturated rings. The van der Waals surface area contributed by atoms with Gasteiger partial charge in [-0.1, -0.05) is 38.1 Å². The van der Waals surface area contributed by atoms with Crippen LogP contribution in [0.2, 0.25) is 0 Å². The normalized spacial score (nSPS) is 11.5. The number of carbonyl (C=O) groups excluding carboxylic acids is 1. The maximum absolute atomic E-state index is 13.0. The van der Waals surface area contributed by atoms with Crippen molar-refractivity contribution in [1.82, 2.24) is 9.21 Å². The third kappa shape index (κ3) is 5.16. The summed E-state index contributed by atoms with van der Waals surface area (Å²) in [5.41, 5.74) is 1.86. The molecular formula is C22H30N2O4S. The Kier molecular flexibility index (Phi) is 7.81. The first-order valence-corrected chi connectivity index (χ1v) is 11.3. The van der Waals surface area contributed by atoms with Gasteiger partial charge in [0.1, 0.15) is 5.75 Å². The summed E-state index contributed by atoms with van der Waals surface area (Å²) in [4.78, 5) is 14.7. The largest absolute Gasteiger partial charge is 0.494 e. The Morgan fingerprint density at radius 1 is 1.03 bits per heavy atom. The van der Waals surface area contributed by atoms with Crippen molar-refractivity contribution in [3.05, 3.63) is 59.2 Å². The second kappa shape index (κ2) is 9.89. The van der Waals surface area contributed by atoms with Gasteiger partial charge in [-0.25, -0.2) is 8.42 Å². The summed E-state index contributed by atoms with van der Waals surface area (Å²) in [5, 5.41) is 0. The lowest BCUT2D eigenvalue weighted by Gasteiger charge is -2.22. The van der Waals surface area contributed by atoms with Crippen molar-refractivity contribution >= 4 is 15.9 Å². The van der Waals surface area contributed by atoms with Crippen LogP contribution in [-0.2, 0) is 16.6 Å². The second-order valence-corrected chi connectivity index (χ2v) is 8.68. The van der Waals surface area contributed by atoms with Crippen molar-refractivity contribution in [3.8, 4) is 5.75 Å². The zero-order valence-corrected chi connectivity index (χ0v) is 18.6. The van der Waals surface area contributed by atoms with Gasteiger partial charge in [0, 0.05) is 37.8 Å². The molecule has 0 aliphatic heterocycles. The number of para-hydroxylation sites is 1. The van der Waals surface area contributed by atoms with Crippen LogP contribution in [0.3, 0.4) is 0 Å². The molecule has 0 aliphatic carbocycles. The van der Waals surface area contributed by atoms with E-state index in [0.717, 1.165) is 11.3 Å². The number of hydrogen-bond donors (Lipinski definition) is 0. The fourth-order valence-electron chi connectivity index (χ4n) is 3.19. The van der Waals surface area contributed by atoms with E-state index in [0.29, 0.717) is 37.4 Å². The molecule has 0 aliphatic rings. The van der Waals surface area contributed by atoms with Gasteiger partial charge in [-0.15, -0.1) is 0 Å². The van der Waals surface area contributed by atoms with Gasteiger partial charge < -0.3 is 9.64 Å². The van der Waals surface area contributed by atoms with Crippen LogP contribution in [0.15, 0.2) is 47.4 Å². The Morgan fingerprint density at radius 2 is 1.69 bits per heavy atom. The Labute approximate surface area is 174 Å². The summed E-state index contributed by atoms with van der Waals surface area (Å²) in [6.07, 6.45) is 0. The molecule has 0 saturated carbocycles. The maximum Gasteiger partial charge on any atom is 0.253 e. The highest BCUT2D eigenvalue weighted by atomic mass is 32.2. The standard InChI is InChI=1S/C22H30N2O4S/c1-6-24(7-2)29(26,27)21-15-18(14-13-17(21)4)22(25)23(5)16-19-11-9-10-12-20(19)28-8-3/h9-15H,6-8,16H2,1-5H3. The summed E-state index contributed by atoms with van der Waals surface area (Å²) >= 11 is 0. The third-order valence-electron chi connectivity index (χ3n) is 4.78. The van der Waals surface area contributed by atoms with Crippen LogP contribution in [0, 0.1) is 6.92 Å². The summed E-state index contributed by atoms with van der Waals surface area (Å²) < 4.78 is 32.9. The van der Waals surface area contributed by atoms with Crippen LogP contribution in [0.5, 0.6) is 5.75 Å². The summed E-state index contributed by atoms with van der Waals surface area (Å²) in [6, 6.07) is 12.4. The molecule has 6 nitrogen and oxygen atoms in total. The molecule has 0 aromatic heterocycles. The SMILES string of the molecule is CCOc1ccccc1CN(C)C(=O)c1ccc(C)c(S(=O)(=O)N(CC)CC)c1. The zero-order valence-electron chi connectivity index (χ0n) is 17.8. The minimum absolute atomic E-state index is 0.176.